The van der Waals surface area contributed by atoms with E-state index in [1.165, 1.54) is 16.2 Å². The molecule has 0 spiro atoms. The topological polar surface area (TPSA) is 82.3 Å². The van der Waals surface area contributed by atoms with Crippen molar-refractivity contribution in [3.8, 4) is 5.75 Å². The Morgan fingerprint density at radius 2 is 1.83 bits per heavy atom. The van der Waals surface area contributed by atoms with Crippen LogP contribution >= 0.6 is 0 Å². The van der Waals surface area contributed by atoms with Crippen LogP contribution in [0.2, 0.25) is 0 Å². The summed E-state index contributed by atoms with van der Waals surface area (Å²) >= 11 is 0. The number of rotatable bonds is 8. The van der Waals surface area contributed by atoms with Crippen LogP contribution < -0.4 is 21.3 Å². The largest absolute Gasteiger partial charge is 0.495 e. The van der Waals surface area contributed by atoms with Gasteiger partial charge in [-0.1, -0.05) is 38.0 Å². The number of hydrogen-bond acceptors (Lipinski definition) is 4. The van der Waals surface area contributed by atoms with Crippen molar-refractivity contribution in [3.05, 3.63) is 68.9 Å². The molecule has 0 aliphatic carbocycles. The van der Waals surface area contributed by atoms with Gasteiger partial charge >= 0.3 is 5.69 Å². The second-order valence-corrected chi connectivity index (χ2v) is 7.30. The third kappa shape index (κ3) is 4.45. The molecule has 158 valence electrons. The maximum atomic E-state index is 13.1. The second-order valence-electron chi connectivity index (χ2n) is 7.30. The summed E-state index contributed by atoms with van der Waals surface area (Å²) in [6, 6.07) is 12.4. The number of fused-ring (bicyclic) bond motifs is 1. The highest BCUT2D eigenvalue weighted by molar-refractivity contribution is 5.93. The SMILES string of the molecule is CCCCCn1c(=O)c2ccccc2n(CC(=O)Nc2cc(C)ccc2OC)c1=O. The molecule has 0 unspecified atom stereocenters. The molecule has 30 heavy (non-hydrogen) atoms. The molecular weight excluding hydrogens is 382 g/mol. The van der Waals surface area contributed by atoms with E-state index in [0.717, 1.165) is 24.8 Å². The van der Waals surface area contributed by atoms with Crippen LogP contribution in [0.1, 0.15) is 31.7 Å². The number of ether oxygens (including phenoxy) is 1. The average molecular weight is 409 g/mol. The average Bonchev–Trinajstić information content (AvgIpc) is 2.74. The molecule has 0 fully saturated rings. The maximum Gasteiger partial charge on any atom is 0.331 e. The number of aromatic nitrogens is 2. The number of nitrogens with one attached hydrogen (secondary N) is 1. The first-order valence-electron chi connectivity index (χ1n) is 10.1. The number of anilines is 1. The van der Waals surface area contributed by atoms with Gasteiger partial charge in [-0.3, -0.25) is 18.7 Å². The highest BCUT2D eigenvalue weighted by atomic mass is 16.5. The minimum absolute atomic E-state index is 0.204. The van der Waals surface area contributed by atoms with E-state index in [1.807, 2.05) is 19.1 Å². The first kappa shape index (κ1) is 21.4. The summed E-state index contributed by atoms with van der Waals surface area (Å²) in [5.41, 5.74) is 1.17. The fourth-order valence-corrected chi connectivity index (χ4v) is 3.49. The highest BCUT2D eigenvalue weighted by Crippen LogP contribution is 2.25. The van der Waals surface area contributed by atoms with Crippen molar-refractivity contribution in [1.29, 1.82) is 0 Å². The van der Waals surface area contributed by atoms with Gasteiger partial charge in [-0.15, -0.1) is 0 Å². The minimum atomic E-state index is -0.471. The van der Waals surface area contributed by atoms with Gasteiger partial charge < -0.3 is 10.1 Å². The van der Waals surface area contributed by atoms with E-state index in [1.54, 1.807) is 30.3 Å². The number of methoxy groups -OCH3 is 1. The summed E-state index contributed by atoms with van der Waals surface area (Å²) in [6.07, 6.45) is 2.64. The molecule has 0 aliphatic heterocycles. The normalized spacial score (nSPS) is 10.9. The van der Waals surface area contributed by atoms with Crippen LogP contribution in [0.25, 0.3) is 10.9 Å². The predicted octanol–water partition coefficient (Wildman–Crippen LogP) is 3.31. The zero-order chi connectivity index (χ0) is 21.7. The third-order valence-corrected chi connectivity index (χ3v) is 5.05. The Kier molecular flexibility index (Phi) is 6.72. The van der Waals surface area contributed by atoms with Gasteiger partial charge in [0.05, 0.1) is 23.7 Å². The molecule has 1 N–H and O–H groups in total. The molecular formula is C23H27N3O4. The number of carbonyl (C=O) groups excluding carboxylic acids is 1. The Bertz CT molecular complexity index is 1180. The van der Waals surface area contributed by atoms with Crippen molar-refractivity contribution in [2.24, 2.45) is 0 Å². The van der Waals surface area contributed by atoms with Gasteiger partial charge in [0, 0.05) is 6.54 Å². The Labute approximate surface area is 174 Å². The molecule has 1 heterocycles. The van der Waals surface area contributed by atoms with Gasteiger partial charge in [0.25, 0.3) is 5.56 Å². The molecule has 7 heteroatoms. The lowest BCUT2D eigenvalue weighted by atomic mass is 10.2. The lowest BCUT2D eigenvalue weighted by molar-refractivity contribution is -0.116. The van der Waals surface area contributed by atoms with Gasteiger partial charge in [-0.25, -0.2) is 4.79 Å². The van der Waals surface area contributed by atoms with Crippen LogP contribution in [0.3, 0.4) is 0 Å². The molecule has 0 saturated carbocycles. The van der Waals surface area contributed by atoms with Crippen molar-refractivity contribution in [1.82, 2.24) is 9.13 Å². The van der Waals surface area contributed by atoms with Crippen LogP contribution in [0.15, 0.2) is 52.1 Å². The zero-order valence-electron chi connectivity index (χ0n) is 17.6. The standard InChI is InChI=1S/C23H27N3O4/c1-4-5-8-13-25-22(28)17-9-6-7-10-19(17)26(23(25)29)15-21(27)24-18-14-16(2)11-12-20(18)30-3/h6-7,9-12,14H,4-5,8,13,15H2,1-3H3,(H,24,27). The number of unbranched alkanes of at least 4 members (excludes halogenated alkanes) is 2. The van der Waals surface area contributed by atoms with Crippen molar-refractivity contribution < 1.29 is 9.53 Å². The van der Waals surface area contributed by atoms with Crippen LogP contribution in [0.4, 0.5) is 5.69 Å². The van der Waals surface area contributed by atoms with Crippen LogP contribution in [0.5, 0.6) is 5.75 Å². The quantitative estimate of drug-likeness (QED) is 0.579. The number of benzene rings is 2. The Morgan fingerprint density at radius 3 is 2.57 bits per heavy atom. The summed E-state index contributed by atoms with van der Waals surface area (Å²) in [4.78, 5) is 38.7. The highest BCUT2D eigenvalue weighted by Gasteiger charge is 2.16. The number of para-hydroxylation sites is 1. The summed E-state index contributed by atoms with van der Waals surface area (Å²) in [5.74, 6) is 0.167. The first-order chi connectivity index (χ1) is 14.5. The number of aryl methyl sites for hydroxylation is 1. The van der Waals surface area contributed by atoms with E-state index in [4.69, 9.17) is 4.74 Å². The molecule has 3 aromatic rings. The van der Waals surface area contributed by atoms with E-state index in [0.29, 0.717) is 28.9 Å². The minimum Gasteiger partial charge on any atom is -0.495 e. The van der Waals surface area contributed by atoms with E-state index in [-0.39, 0.29) is 18.0 Å². The summed E-state index contributed by atoms with van der Waals surface area (Å²) in [7, 11) is 1.53. The van der Waals surface area contributed by atoms with Crippen molar-refractivity contribution in [2.75, 3.05) is 12.4 Å². The summed E-state index contributed by atoms with van der Waals surface area (Å²) in [5, 5.41) is 3.24. The maximum absolute atomic E-state index is 13.1. The van der Waals surface area contributed by atoms with Gasteiger partial charge in [0.15, 0.2) is 0 Å². The van der Waals surface area contributed by atoms with Gasteiger partial charge in [-0.05, 0) is 43.2 Å². The molecule has 7 nitrogen and oxygen atoms in total. The van der Waals surface area contributed by atoms with E-state index >= 15 is 0 Å². The molecule has 0 saturated heterocycles. The molecule has 0 atom stereocenters. The second kappa shape index (κ2) is 9.43. The van der Waals surface area contributed by atoms with Crippen molar-refractivity contribution in [2.45, 2.75) is 46.2 Å². The molecule has 0 aliphatic rings. The van der Waals surface area contributed by atoms with E-state index in [9.17, 15) is 14.4 Å². The lowest BCUT2D eigenvalue weighted by Gasteiger charge is -2.15. The first-order valence-corrected chi connectivity index (χ1v) is 10.1. The molecule has 1 amide bonds. The molecule has 2 aromatic carbocycles. The number of amides is 1. The van der Waals surface area contributed by atoms with E-state index in [2.05, 4.69) is 12.2 Å². The molecule has 3 rings (SSSR count). The Balaban J connectivity index is 1.99. The summed E-state index contributed by atoms with van der Waals surface area (Å²) in [6.45, 7) is 4.11. The Morgan fingerprint density at radius 1 is 1.07 bits per heavy atom. The molecule has 0 radical (unpaired) electrons. The summed E-state index contributed by atoms with van der Waals surface area (Å²) < 4.78 is 7.90. The Hall–Kier alpha value is -3.35. The van der Waals surface area contributed by atoms with Crippen LogP contribution in [-0.2, 0) is 17.9 Å². The molecule has 1 aromatic heterocycles. The molecule has 0 bridgehead atoms. The van der Waals surface area contributed by atoms with Crippen molar-refractivity contribution >= 4 is 22.5 Å². The van der Waals surface area contributed by atoms with Crippen LogP contribution in [0, 0.1) is 6.92 Å². The van der Waals surface area contributed by atoms with Crippen molar-refractivity contribution in [3.63, 3.8) is 0 Å². The smallest absolute Gasteiger partial charge is 0.331 e. The number of carbonyl (C=O) groups is 1. The van der Waals surface area contributed by atoms with E-state index < -0.39 is 5.69 Å². The lowest BCUT2D eigenvalue weighted by Crippen LogP contribution is -2.41. The zero-order valence-corrected chi connectivity index (χ0v) is 17.6. The van der Waals surface area contributed by atoms with Gasteiger partial charge in [0.1, 0.15) is 12.3 Å². The van der Waals surface area contributed by atoms with Crippen LogP contribution in [-0.4, -0.2) is 22.2 Å². The van der Waals surface area contributed by atoms with Gasteiger partial charge in [-0.2, -0.15) is 0 Å². The monoisotopic (exact) mass is 409 g/mol. The fraction of sp³-hybridized carbons (Fsp3) is 0.348. The third-order valence-electron chi connectivity index (χ3n) is 5.05. The van der Waals surface area contributed by atoms with Gasteiger partial charge in [0.2, 0.25) is 5.91 Å². The fourth-order valence-electron chi connectivity index (χ4n) is 3.49. The number of nitrogens with zero attached hydrogens (tertiary/aromatic N) is 2. The number of hydrogen-bond donors (Lipinski definition) is 1. The predicted molar refractivity (Wildman–Crippen MR) is 118 cm³/mol.